The third-order valence-corrected chi connectivity index (χ3v) is 5.62. The van der Waals surface area contributed by atoms with Gasteiger partial charge in [0.1, 0.15) is 0 Å². The average Bonchev–Trinajstić information content (AvgIpc) is 2.78. The topological polar surface area (TPSA) is 44.7 Å². The number of hydrogen-bond donors (Lipinski definition) is 1. The van der Waals surface area contributed by atoms with E-state index in [0.717, 1.165) is 29.5 Å². The zero-order chi connectivity index (χ0) is 21.2. The van der Waals surface area contributed by atoms with E-state index >= 15 is 0 Å². The second kappa shape index (κ2) is 11.2. The first-order chi connectivity index (χ1) is 14.6. The van der Waals surface area contributed by atoms with E-state index in [1.54, 1.807) is 0 Å². The maximum Gasteiger partial charge on any atom is 0.234 e. The molecule has 0 saturated carbocycles. The summed E-state index contributed by atoms with van der Waals surface area (Å²) in [6.45, 7) is 2.84. The number of hydrogen-bond acceptors (Lipinski definition) is 3. The summed E-state index contributed by atoms with van der Waals surface area (Å²) >= 11 is 1.44. The zero-order valence-electron chi connectivity index (χ0n) is 17.4. The van der Waals surface area contributed by atoms with Gasteiger partial charge in [0.25, 0.3) is 0 Å². The van der Waals surface area contributed by atoms with E-state index in [1.807, 2.05) is 79.8 Å². The molecule has 0 heterocycles. The summed E-state index contributed by atoms with van der Waals surface area (Å²) in [6, 6.07) is 28.0. The largest absolute Gasteiger partial charge is 0.350 e. The van der Waals surface area contributed by atoms with Crippen LogP contribution in [-0.4, -0.2) is 28.8 Å². The third kappa shape index (κ3) is 6.78. The van der Waals surface area contributed by atoms with E-state index in [1.165, 1.54) is 22.9 Å². The Kier molecular flexibility index (Phi) is 8.10. The summed E-state index contributed by atoms with van der Waals surface area (Å²) in [5.74, 6) is 0.249. The number of amides is 1. The SMILES string of the molecule is CCc1ccc(NC(=O)CSC(=Nc2ccccc2)N(C)Cc2ccccc2)cc1. The Morgan fingerprint density at radius 3 is 2.17 bits per heavy atom. The fourth-order valence-corrected chi connectivity index (χ4v) is 3.70. The van der Waals surface area contributed by atoms with Gasteiger partial charge in [-0.05, 0) is 41.8 Å². The van der Waals surface area contributed by atoms with Crippen LogP contribution in [0.3, 0.4) is 0 Å². The van der Waals surface area contributed by atoms with Gasteiger partial charge >= 0.3 is 0 Å². The molecular formula is C25H27N3OS. The van der Waals surface area contributed by atoms with Gasteiger partial charge in [0, 0.05) is 19.3 Å². The highest BCUT2D eigenvalue weighted by Gasteiger charge is 2.12. The second-order valence-electron chi connectivity index (χ2n) is 6.96. The molecule has 0 atom stereocenters. The Morgan fingerprint density at radius 2 is 1.53 bits per heavy atom. The number of carbonyl (C=O) groups excluding carboxylic acids is 1. The van der Waals surface area contributed by atoms with Gasteiger partial charge < -0.3 is 10.2 Å². The number of para-hydroxylation sites is 1. The maximum absolute atomic E-state index is 12.5. The number of amidine groups is 1. The first-order valence-corrected chi connectivity index (χ1v) is 11.0. The molecule has 0 radical (unpaired) electrons. The number of anilines is 1. The predicted octanol–water partition coefficient (Wildman–Crippen LogP) is 5.74. The second-order valence-corrected chi connectivity index (χ2v) is 7.90. The predicted molar refractivity (Wildman–Crippen MR) is 128 cm³/mol. The Hall–Kier alpha value is -3.05. The molecule has 0 unspecified atom stereocenters. The van der Waals surface area contributed by atoms with Gasteiger partial charge in [-0.25, -0.2) is 4.99 Å². The zero-order valence-corrected chi connectivity index (χ0v) is 18.2. The van der Waals surface area contributed by atoms with Crippen LogP contribution >= 0.6 is 11.8 Å². The standard InChI is InChI=1S/C25H27N3OS/c1-3-20-14-16-23(17-15-20)26-24(29)19-30-25(27-22-12-8-5-9-13-22)28(2)18-21-10-6-4-7-11-21/h4-17H,3,18-19H2,1-2H3,(H,26,29). The van der Waals surface area contributed by atoms with E-state index in [2.05, 4.69) is 29.3 Å². The summed E-state index contributed by atoms with van der Waals surface area (Å²) in [6.07, 6.45) is 0.983. The van der Waals surface area contributed by atoms with Crippen molar-refractivity contribution in [3.05, 3.63) is 96.1 Å². The van der Waals surface area contributed by atoms with Crippen molar-refractivity contribution < 1.29 is 4.79 Å². The van der Waals surface area contributed by atoms with E-state index in [9.17, 15) is 4.79 Å². The molecule has 0 aromatic heterocycles. The molecule has 0 fully saturated rings. The smallest absolute Gasteiger partial charge is 0.234 e. The maximum atomic E-state index is 12.5. The highest BCUT2D eigenvalue weighted by Crippen LogP contribution is 2.19. The highest BCUT2D eigenvalue weighted by atomic mass is 32.2. The van der Waals surface area contributed by atoms with Gasteiger partial charge in [-0.3, -0.25) is 4.79 Å². The van der Waals surface area contributed by atoms with Gasteiger partial charge in [-0.15, -0.1) is 0 Å². The molecule has 5 heteroatoms. The Morgan fingerprint density at radius 1 is 0.900 bits per heavy atom. The number of nitrogens with one attached hydrogen (secondary N) is 1. The van der Waals surface area contributed by atoms with Gasteiger partial charge in [0.2, 0.25) is 5.91 Å². The number of aliphatic imine (C=N–C) groups is 1. The van der Waals surface area contributed by atoms with Gasteiger partial charge in [-0.1, -0.05) is 79.3 Å². The lowest BCUT2D eigenvalue weighted by Gasteiger charge is -2.21. The van der Waals surface area contributed by atoms with Gasteiger partial charge in [0.15, 0.2) is 5.17 Å². The molecule has 1 amide bonds. The summed E-state index contributed by atoms with van der Waals surface area (Å²) in [4.78, 5) is 19.4. The molecule has 0 aliphatic heterocycles. The van der Waals surface area contributed by atoms with Crippen molar-refractivity contribution in [2.45, 2.75) is 19.9 Å². The Bertz CT molecular complexity index is 957. The van der Waals surface area contributed by atoms with E-state index < -0.39 is 0 Å². The van der Waals surface area contributed by atoms with Gasteiger partial charge in [-0.2, -0.15) is 0 Å². The van der Waals surface area contributed by atoms with Crippen molar-refractivity contribution in [2.75, 3.05) is 18.1 Å². The minimum Gasteiger partial charge on any atom is -0.350 e. The molecule has 0 bridgehead atoms. The van der Waals surface area contributed by atoms with Crippen molar-refractivity contribution in [1.82, 2.24) is 4.90 Å². The fraction of sp³-hybridized carbons (Fsp3) is 0.200. The van der Waals surface area contributed by atoms with E-state index in [-0.39, 0.29) is 5.91 Å². The summed E-state index contributed by atoms with van der Waals surface area (Å²) in [5, 5.41) is 3.77. The average molecular weight is 418 g/mol. The van der Waals surface area contributed by atoms with Crippen LogP contribution < -0.4 is 5.32 Å². The number of rotatable bonds is 7. The molecule has 3 aromatic carbocycles. The summed E-state index contributed by atoms with van der Waals surface area (Å²) in [7, 11) is 2.00. The molecular weight excluding hydrogens is 390 g/mol. The number of thioether (sulfide) groups is 1. The number of benzene rings is 3. The lowest BCUT2D eigenvalue weighted by Crippen LogP contribution is -2.25. The molecule has 0 aliphatic carbocycles. The fourth-order valence-electron chi connectivity index (χ4n) is 2.92. The Balaban J connectivity index is 1.67. The highest BCUT2D eigenvalue weighted by molar-refractivity contribution is 8.14. The monoisotopic (exact) mass is 417 g/mol. The number of carbonyl (C=O) groups is 1. The van der Waals surface area contributed by atoms with Crippen LogP contribution in [-0.2, 0) is 17.8 Å². The van der Waals surface area contributed by atoms with Crippen molar-refractivity contribution in [1.29, 1.82) is 0 Å². The number of nitrogens with zero attached hydrogens (tertiary/aromatic N) is 2. The van der Waals surface area contributed by atoms with Crippen LogP contribution in [0.2, 0.25) is 0 Å². The summed E-state index contributed by atoms with van der Waals surface area (Å²) in [5.41, 5.74) is 4.14. The van der Waals surface area contributed by atoms with Crippen LogP contribution in [0.15, 0.2) is 89.9 Å². The molecule has 0 saturated heterocycles. The molecule has 3 rings (SSSR count). The van der Waals surface area contributed by atoms with Crippen LogP contribution in [0, 0.1) is 0 Å². The van der Waals surface area contributed by atoms with E-state index in [0.29, 0.717) is 5.75 Å². The van der Waals surface area contributed by atoms with E-state index in [4.69, 9.17) is 4.99 Å². The molecule has 3 aromatic rings. The van der Waals surface area contributed by atoms with Crippen LogP contribution in [0.4, 0.5) is 11.4 Å². The minimum absolute atomic E-state index is 0.0434. The summed E-state index contributed by atoms with van der Waals surface area (Å²) < 4.78 is 0. The molecule has 4 nitrogen and oxygen atoms in total. The quantitative estimate of drug-likeness (QED) is 0.394. The van der Waals surface area contributed by atoms with Gasteiger partial charge in [0.05, 0.1) is 11.4 Å². The molecule has 30 heavy (non-hydrogen) atoms. The molecule has 1 N–H and O–H groups in total. The normalized spacial score (nSPS) is 11.2. The molecule has 154 valence electrons. The first kappa shape index (κ1) is 21.7. The molecule has 0 aliphatic rings. The third-order valence-electron chi connectivity index (χ3n) is 4.55. The molecule has 0 spiro atoms. The van der Waals surface area contributed by atoms with Crippen LogP contribution in [0.25, 0.3) is 0 Å². The van der Waals surface area contributed by atoms with Crippen molar-refractivity contribution in [2.24, 2.45) is 4.99 Å². The number of aryl methyl sites for hydroxylation is 1. The van der Waals surface area contributed by atoms with Crippen molar-refractivity contribution in [3.63, 3.8) is 0 Å². The first-order valence-electron chi connectivity index (χ1n) is 10.0. The lowest BCUT2D eigenvalue weighted by atomic mass is 10.1. The van der Waals surface area contributed by atoms with Crippen molar-refractivity contribution >= 4 is 34.2 Å². The van der Waals surface area contributed by atoms with Crippen molar-refractivity contribution in [3.8, 4) is 0 Å². The lowest BCUT2D eigenvalue weighted by molar-refractivity contribution is -0.113. The van der Waals surface area contributed by atoms with Crippen LogP contribution in [0.1, 0.15) is 18.1 Å². The minimum atomic E-state index is -0.0434. The van der Waals surface area contributed by atoms with Crippen LogP contribution in [0.5, 0.6) is 0 Å². The Labute approximate surface area is 183 Å².